The highest BCUT2D eigenvalue weighted by molar-refractivity contribution is 6.30. The molecule has 0 saturated carbocycles. The maximum atomic E-state index is 11.8. The second-order valence-corrected chi connectivity index (χ2v) is 7.97. The molecule has 2 N–H and O–H groups in total. The van der Waals surface area contributed by atoms with Crippen LogP contribution in [0.15, 0.2) is 79.1 Å². The molecule has 3 aromatic heterocycles. The number of imidazole rings is 1. The Kier molecular flexibility index (Phi) is 5.13. The van der Waals surface area contributed by atoms with E-state index < -0.39 is 11.4 Å². The quantitative estimate of drug-likeness (QED) is 0.379. The van der Waals surface area contributed by atoms with Crippen LogP contribution in [0.4, 0.5) is 0 Å². The number of halogens is 2. The molecule has 32 heavy (non-hydrogen) atoms. The lowest BCUT2D eigenvalue weighted by Gasteiger charge is -2.12. The van der Waals surface area contributed by atoms with Gasteiger partial charge in [0.15, 0.2) is 5.50 Å². The molecule has 0 fully saturated rings. The number of primary amides is 1. The minimum Gasteiger partial charge on any atom is -0.366 e. The molecular formula is C23H16Cl2N6O. The van der Waals surface area contributed by atoms with Gasteiger partial charge in [0, 0.05) is 27.9 Å². The number of aromatic nitrogens is 5. The molecule has 3 heterocycles. The monoisotopic (exact) mass is 462 g/mol. The van der Waals surface area contributed by atoms with E-state index in [9.17, 15) is 4.79 Å². The van der Waals surface area contributed by atoms with Gasteiger partial charge in [-0.1, -0.05) is 64.8 Å². The summed E-state index contributed by atoms with van der Waals surface area (Å²) in [6, 6.07) is 20.1. The number of alkyl halides is 1. The number of hydrogen-bond acceptors (Lipinski definition) is 4. The highest BCUT2D eigenvalue weighted by atomic mass is 35.5. The number of carbonyl (C=O) groups excluding carboxylic acids is 1. The molecule has 0 bridgehead atoms. The summed E-state index contributed by atoms with van der Waals surface area (Å²) in [5, 5.41) is 9.23. The van der Waals surface area contributed by atoms with Crippen molar-refractivity contribution < 1.29 is 4.79 Å². The fourth-order valence-corrected chi connectivity index (χ4v) is 4.03. The van der Waals surface area contributed by atoms with Crippen LogP contribution in [0.1, 0.15) is 21.4 Å². The molecule has 1 amide bonds. The number of nitrogens with zero attached hydrogens (tertiary/aromatic N) is 5. The number of fused-ring (bicyclic) bond motifs is 1. The first kappa shape index (κ1) is 20.2. The first-order valence-corrected chi connectivity index (χ1v) is 10.5. The van der Waals surface area contributed by atoms with Crippen LogP contribution in [-0.2, 0) is 0 Å². The lowest BCUT2D eigenvalue weighted by molar-refractivity contribution is 0.0999. The van der Waals surface area contributed by atoms with Crippen molar-refractivity contribution in [2.45, 2.75) is 5.50 Å². The summed E-state index contributed by atoms with van der Waals surface area (Å²) in [6.45, 7) is 0. The molecule has 7 nitrogen and oxygen atoms in total. The van der Waals surface area contributed by atoms with Gasteiger partial charge in [0.05, 0.1) is 11.9 Å². The van der Waals surface area contributed by atoms with Crippen LogP contribution < -0.4 is 5.73 Å². The molecule has 1 unspecified atom stereocenters. The summed E-state index contributed by atoms with van der Waals surface area (Å²) in [5.74, 6) is -0.557. The Balaban J connectivity index is 1.63. The number of benzene rings is 2. The Hall–Kier alpha value is -3.68. The summed E-state index contributed by atoms with van der Waals surface area (Å²) < 4.78 is 3.44. The molecule has 5 rings (SSSR count). The van der Waals surface area contributed by atoms with Gasteiger partial charge in [0.25, 0.3) is 0 Å². The second-order valence-electron chi connectivity index (χ2n) is 7.12. The van der Waals surface area contributed by atoms with Crippen molar-refractivity contribution in [3.63, 3.8) is 0 Å². The fourth-order valence-electron chi connectivity index (χ4n) is 3.62. The summed E-state index contributed by atoms with van der Waals surface area (Å²) in [5.41, 5.74) is 9.37. The van der Waals surface area contributed by atoms with E-state index in [2.05, 4.69) is 10.3 Å². The molecule has 158 valence electrons. The summed E-state index contributed by atoms with van der Waals surface area (Å²) in [4.78, 5) is 16.6. The van der Waals surface area contributed by atoms with E-state index in [0.29, 0.717) is 21.8 Å². The van der Waals surface area contributed by atoms with Crippen molar-refractivity contribution in [1.29, 1.82) is 0 Å². The minimum atomic E-state index is -0.766. The predicted molar refractivity (Wildman–Crippen MR) is 124 cm³/mol. The molecule has 0 aliphatic carbocycles. The highest BCUT2D eigenvalue weighted by Crippen LogP contribution is 2.33. The Morgan fingerprint density at radius 3 is 2.53 bits per heavy atom. The van der Waals surface area contributed by atoms with Crippen LogP contribution >= 0.6 is 23.2 Å². The van der Waals surface area contributed by atoms with Gasteiger partial charge in [-0.2, -0.15) is 0 Å². The number of pyridine rings is 1. The predicted octanol–water partition coefficient (Wildman–Crippen LogP) is 4.80. The van der Waals surface area contributed by atoms with Crippen molar-refractivity contribution in [3.05, 3.63) is 95.3 Å². The highest BCUT2D eigenvalue weighted by Gasteiger charge is 2.22. The lowest BCUT2D eigenvalue weighted by Crippen LogP contribution is -2.16. The van der Waals surface area contributed by atoms with E-state index in [4.69, 9.17) is 33.9 Å². The topological polar surface area (TPSA) is 91.1 Å². The zero-order valence-corrected chi connectivity index (χ0v) is 18.1. The number of carbonyl (C=O) groups is 1. The maximum absolute atomic E-state index is 11.8. The van der Waals surface area contributed by atoms with E-state index in [1.807, 2.05) is 53.1 Å². The number of nitrogens with two attached hydrogens (primary N) is 1. The molecule has 5 aromatic rings. The average Bonchev–Trinajstić information content (AvgIpc) is 3.44. The van der Waals surface area contributed by atoms with Gasteiger partial charge in [-0.3, -0.25) is 9.20 Å². The van der Waals surface area contributed by atoms with Crippen molar-refractivity contribution in [1.82, 2.24) is 24.4 Å². The largest absolute Gasteiger partial charge is 0.366 e. The fraction of sp³-hybridized carbons (Fsp3) is 0.0435. The third kappa shape index (κ3) is 3.51. The molecule has 9 heteroatoms. The van der Waals surface area contributed by atoms with Gasteiger partial charge >= 0.3 is 0 Å². The lowest BCUT2D eigenvalue weighted by atomic mass is 10.1. The molecule has 0 saturated heterocycles. The van der Waals surface area contributed by atoms with Crippen LogP contribution in [0.2, 0.25) is 5.02 Å². The van der Waals surface area contributed by atoms with Crippen LogP contribution in [-0.4, -0.2) is 30.3 Å². The molecular weight excluding hydrogens is 447 g/mol. The maximum Gasteiger partial charge on any atom is 0.249 e. The summed E-state index contributed by atoms with van der Waals surface area (Å²) in [6.07, 6.45) is 3.64. The van der Waals surface area contributed by atoms with E-state index in [-0.39, 0.29) is 0 Å². The molecule has 0 aliphatic heterocycles. The van der Waals surface area contributed by atoms with Gasteiger partial charge in [-0.25, -0.2) is 9.67 Å². The third-order valence-corrected chi connectivity index (χ3v) is 5.80. The second kappa shape index (κ2) is 8.11. The zero-order valence-electron chi connectivity index (χ0n) is 16.6. The molecule has 0 aliphatic rings. The first-order chi connectivity index (χ1) is 15.5. The van der Waals surface area contributed by atoms with Gasteiger partial charge in [0.2, 0.25) is 5.91 Å². The van der Waals surface area contributed by atoms with E-state index in [1.54, 1.807) is 30.5 Å². The Morgan fingerprint density at radius 1 is 1.00 bits per heavy atom. The summed E-state index contributed by atoms with van der Waals surface area (Å²) >= 11 is 12.7. The van der Waals surface area contributed by atoms with Gasteiger partial charge in [0.1, 0.15) is 17.0 Å². The smallest absolute Gasteiger partial charge is 0.249 e. The van der Waals surface area contributed by atoms with Crippen molar-refractivity contribution >= 4 is 34.8 Å². The number of amides is 1. The zero-order chi connectivity index (χ0) is 22.2. The van der Waals surface area contributed by atoms with Crippen molar-refractivity contribution in [2.75, 3.05) is 0 Å². The summed E-state index contributed by atoms with van der Waals surface area (Å²) in [7, 11) is 0. The minimum absolute atomic E-state index is 0.334. The standard InChI is InChI=1S/C23H16Cl2N6O/c24-15-10-8-14(9-11-15)20-21(30-12-4-3-7-19(30)27-20)18-13-31(29-28-18)22(25)16-5-1-2-6-17(16)23(26)32/h1-13,22H,(H2,26,32). The first-order valence-electron chi connectivity index (χ1n) is 9.71. The Labute approximate surface area is 193 Å². The third-order valence-electron chi connectivity index (χ3n) is 5.12. The van der Waals surface area contributed by atoms with E-state index in [1.165, 1.54) is 4.68 Å². The SMILES string of the molecule is NC(=O)c1ccccc1C(Cl)n1cc(-c2c(-c3ccc(Cl)cc3)nc3ccccn23)nn1. The van der Waals surface area contributed by atoms with E-state index in [0.717, 1.165) is 22.6 Å². The molecule has 0 spiro atoms. The van der Waals surface area contributed by atoms with Crippen LogP contribution in [0.25, 0.3) is 28.3 Å². The van der Waals surface area contributed by atoms with Gasteiger partial charge in [-0.15, -0.1) is 5.10 Å². The van der Waals surface area contributed by atoms with E-state index >= 15 is 0 Å². The van der Waals surface area contributed by atoms with Crippen LogP contribution in [0, 0.1) is 0 Å². The van der Waals surface area contributed by atoms with Gasteiger partial charge < -0.3 is 5.73 Å². The van der Waals surface area contributed by atoms with Crippen LogP contribution in [0.3, 0.4) is 0 Å². The Bertz CT molecular complexity index is 1440. The Morgan fingerprint density at radius 2 is 1.75 bits per heavy atom. The number of rotatable bonds is 5. The number of hydrogen-bond donors (Lipinski definition) is 1. The molecule has 2 aromatic carbocycles. The van der Waals surface area contributed by atoms with Crippen LogP contribution in [0.5, 0.6) is 0 Å². The van der Waals surface area contributed by atoms with Crippen molar-refractivity contribution in [2.24, 2.45) is 5.73 Å². The molecule has 1 atom stereocenters. The molecule has 0 radical (unpaired) electrons. The average molecular weight is 463 g/mol. The van der Waals surface area contributed by atoms with Crippen molar-refractivity contribution in [3.8, 4) is 22.6 Å². The normalized spacial score (nSPS) is 12.2. The van der Waals surface area contributed by atoms with Gasteiger partial charge in [-0.05, 0) is 30.3 Å².